The number of hydrogen-bond acceptors (Lipinski definition) is 9. The number of benzene rings is 2. The average Bonchev–Trinajstić information content (AvgIpc) is 3.16. The summed E-state index contributed by atoms with van der Waals surface area (Å²) in [5.41, 5.74) is 7.75. The number of carboxylic acids is 1. The first-order valence-electron chi connectivity index (χ1n) is 21.8. The molecule has 61 heavy (non-hydrogen) atoms. The Morgan fingerprint density at radius 3 is 1.26 bits per heavy atom. The largest absolute Gasteiger partial charge is 0.481 e. The molecule has 0 bridgehead atoms. The summed E-state index contributed by atoms with van der Waals surface area (Å²) in [5.74, 6) is -2.22. The maximum absolute atomic E-state index is 13.0. The number of ketones is 2. The average molecular weight is 855 g/mol. The monoisotopic (exact) mass is 855 g/mol. The Hall–Kier alpha value is -4.46. The minimum atomic E-state index is -0.946. The van der Waals surface area contributed by atoms with E-state index in [2.05, 4.69) is 16.0 Å². The summed E-state index contributed by atoms with van der Waals surface area (Å²) in [5, 5.41) is 35.9. The number of aliphatic hydroxyl groups excluding tert-OH is 2. The number of carbonyl (C=O) groups excluding carboxylic acids is 5. The molecule has 8 N–H and O–H groups in total. The lowest BCUT2D eigenvalue weighted by molar-refractivity contribution is -0.144. The molecule has 0 heterocycles. The number of nitrogens with one attached hydrogen (secondary N) is 3. The smallest absolute Gasteiger partial charge is 0.306 e. The van der Waals surface area contributed by atoms with Crippen LogP contribution in [0.15, 0.2) is 60.7 Å². The van der Waals surface area contributed by atoms with E-state index in [1.807, 2.05) is 116 Å². The van der Waals surface area contributed by atoms with Crippen LogP contribution >= 0.6 is 0 Å². The van der Waals surface area contributed by atoms with Crippen LogP contribution in [-0.2, 0) is 41.6 Å². The number of aliphatic carboxylic acids is 1. The molecule has 0 aromatic heterocycles. The highest BCUT2D eigenvalue weighted by atomic mass is 16.4. The van der Waals surface area contributed by atoms with Gasteiger partial charge in [-0.05, 0) is 73.3 Å². The molecule has 0 radical (unpaired) electrons. The fourth-order valence-electron chi connectivity index (χ4n) is 6.80. The van der Waals surface area contributed by atoms with Crippen LogP contribution in [0, 0.1) is 35.5 Å². The lowest BCUT2D eigenvalue weighted by atomic mass is 9.87. The van der Waals surface area contributed by atoms with E-state index >= 15 is 0 Å². The summed E-state index contributed by atoms with van der Waals surface area (Å²) in [6.07, 6.45) is 3.43. The molecule has 3 amide bonds. The van der Waals surface area contributed by atoms with Crippen LogP contribution in [-0.4, -0.2) is 88.0 Å². The zero-order valence-corrected chi connectivity index (χ0v) is 38.5. The third-order valence-corrected chi connectivity index (χ3v) is 9.54. The second-order valence-electron chi connectivity index (χ2n) is 17.8. The molecular weight excluding hydrogens is 777 g/mol. The molecule has 0 saturated heterocycles. The van der Waals surface area contributed by atoms with E-state index in [-0.39, 0.29) is 85.1 Å². The van der Waals surface area contributed by atoms with Crippen LogP contribution in [0.25, 0.3) is 0 Å². The van der Waals surface area contributed by atoms with Crippen LogP contribution in [0.4, 0.5) is 0 Å². The van der Waals surface area contributed by atoms with Gasteiger partial charge in [0.2, 0.25) is 17.7 Å². The van der Waals surface area contributed by atoms with Crippen LogP contribution in [0.5, 0.6) is 0 Å². The highest BCUT2D eigenvalue weighted by molar-refractivity contribution is 5.92. The van der Waals surface area contributed by atoms with E-state index < -0.39 is 35.9 Å². The molecule has 13 nitrogen and oxygen atoms in total. The van der Waals surface area contributed by atoms with Crippen molar-refractivity contribution in [3.05, 3.63) is 71.8 Å². The molecule has 0 aliphatic heterocycles. The van der Waals surface area contributed by atoms with Crippen molar-refractivity contribution < 1.29 is 44.1 Å². The van der Waals surface area contributed by atoms with E-state index in [0.29, 0.717) is 32.1 Å². The summed E-state index contributed by atoms with van der Waals surface area (Å²) in [6, 6.07) is 17.9. The van der Waals surface area contributed by atoms with Crippen molar-refractivity contribution in [3.63, 3.8) is 0 Å². The summed E-state index contributed by atoms with van der Waals surface area (Å²) < 4.78 is 0. The van der Waals surface area contributed by atoms with Crippen molar-refractivity contribution in [3.8, 4) is 0 Å². The minimum Gasteiger partial charge on any atom is -0.481 e. The molecule has 2 aromatic rings. The second kappa shape index (κ2) is 31.4. The number of rotatable bonds is 25. The predicted octanol–water partition coefficient (Wildman–Crippen LogP) is 5.67. The number of hydrogen-bond donors (Lipinski definition) is 7. The number of amides is 3. The van der Waals surface area contributed by atoms with Crippen molar-refractivity contribution in [2.45, 2.75) is 145 Å². The topological polar surface area (TPSA) is 225 Å². The Morgan fingerprint density at radius 1 is 0.541 bits per heavy atom. The van der Waals surface area contributed by atoms with Crippen molar-refractivity contribution in [1.82, 2.24) is 16.0 Å². The maximum Gasteiger partial charge on any atom is 0.306 e. The lowest BCUT2D eigenvalue weighted by Crippen LogP contribution is -2.45. The Morgan fingerprint density at radius 2 is 0.918 bits per heavy atom. The van der Waals surface area contributed by atoms with Crippen LogP contribution in [0.3, 0.4) is 0 Å². The SMILES string of the molecule is CC(=O)N[C@@H](CC(C)C)C(=O)C[C@@H](CC(C)C)C(=O)N[C@H](CO)Cc1ccccc1.CC(=O)N[C@@H](CC(C)C)C(=O)C[C@@H](CC(C)C)C(=O)O.N[C@H](CO)Cc1ccccc1. The van der Waals surface area contributed by atoms with Gasteiger partial charge in [-0.25, -0.2) is 0 Å². The van der Waals surface area contributed by atoms with Crippen molar-refractivity contribution in [1.29, 1.82) is 0 Å². The van der Waals surface area contributed by atoms with E-state index in [1.165, 1.54) is 19.4 Å². The number of carbonyl (C=O) groups is 6. The molecule has 6 atom stereocenters. The molecule has 0 aliphatic carbocycles. The van der Waals surface area contributed by atoms with Gasteiger partial charge in [-0.15, -0.1) is 0 Å². The van der Waals surface area contributed by atoms with Crippen LogP contribution in [0.1, 0.15) is 119 Å². The van der Waals surface area contributed by atoms with Crippen molar-refractivity contribution in [2.75, 3.05) is 13.2 Å². The molecular formula is C48H78N4O9. The molecule has 0 spiro atoms. The second-order valence-corrected chi connectivity index (χ2v) is 17.8. The van der Waals surface area contributed by atoms with Crippen molar-refractivity contribution >= 4 is 35.3 Å². The zero-order chi connectivity index (χ0) is 46.7. The Balaban J connectivity index is 0.000000991. The molecule has 0 fully saturated rings. The predicted molar refractivity (Wildman–Crippen MR) is 241 cm³/mol. The number of Topliss-reactive ketones (excluding diaryl/α,β-unsaturated/α-hetero) is 2. The fraction of sp³-hybridized carbons (Fsp3) is 0.625. The minimum absolute atomic E-state index is 0.0226. The molecule has 13 heteroatoms. The highest BCUT2D eigenvalue weighted by Crippen LogP contribution is 2.21. The Bertz CT molecular complexity index is 1570. The normalized spacial score (nSPS) is 14.0. The lowest BCUT2D eigenvalue weighted by Gasteiger charge is -2.25. The summed E-state index contributed by atoms with van der Waals surface area (Å²) in [6.45, 7) is 18.4. The quantitative estimate of drug-likeness (QED) is 0.0648. The van der Waals surface area contributed by atoms with E-state index in [1.54, 1.807) is 0 Å². The number of aliphatic hydroxyl groups is 2. The van der Waals surface area contributed by atoms with Gasteiger partial charge in [-0.3, -0.25) is 28.8 Å². The number of carboxylic acid groups (broad SMARTS) is 1. The third kappa shape index (κ3) is 27.9. The molecule has 344 valence electrons. The van der Waals surface area contributed by atoms with Crippen LogP contribution < -0.4 is 21.7 Å². The molecule has 0 aliphatic rings. The van der Waals surface area contributed by atoms with Crippen molar-refractivity contribution in [2.24, 2.45) is 41.2 Å². The summed E-state index contributed by atoms with van der Waals surface area (Å²) in [7, 11) is 0. The van der Waals surface area contributed by atoms with Gasteiger partial charge in [0.1, 0.15) is 0 Å². The molecule has 0 saturated carbocycles. The summed E-state index contributed by atoms with van der Waals surface area (Å²) >= 11 is 0. The van der Waals surface area contributed by atoms with Gasteiger partial charge in [0.15, 0.2) is 11.6 Å². The first-order valence-corrected chi connectivity index (χ1v) is 21.8. The molecule has 2 aromatic carbocycles. The maximum atomic E-state index is 13.0. The van der Waals surface area contributed by atoms with Gasteiger partial charge in [0.25, 0.3) is 0 Å². The Kier molecular flexibility index (Phi) is 29.1. The highest BCUT2D eigenvalue weighted by Gasteiger charge is 2.30. The van der Waals surface area contributed by atoms with Gasteiger partial charge in [0.05, 0.1) is 37.3 Å². The Labute approximate surface area is 365 Å². The third-order valence-electron chi connectivity index (χ3n) is 9.54. The summed E-state index contributed by atoms with van der Waals surface area (Å²) in [4.78, 5) is 72.0. The molecule has 0 unspecified atom stereocenters. The van der Waals surface area contributed by atoms with E-state index in [0.717, 1.165) is 12.0 Å². The van der Waals surface area contributed by atoms with Gasteiger partial charge in [-0.2, -0.15) is 0 Å². The van der Waals surface area contributed by atoms with Crippen LogP contribution in [0.2, 0.25) is 0 Å². The van der Waals surface area contributed by atoms with Gasteiger partial charge in [0, 0.05) is 38.6 Å². The standard InChI is InChI=1S/C24H38N2O4.C15H27NO4.C9H13NO/c1-16(2)11-20(14-23(29)22(12-17(3)4)25-18(5)28)24(30)26-21(15-27)13-19-9-7-6-8-10-19;1-9(2)6-12(15(19)20)8-14(18)13(7-10(3)4)16-11(5)17;10-9(7-11)6-8-4-2-1-3-5-8/h6-10,16-17,20-22,27H,11-15H2,1-5H3,(H,25,28)(H,26,30);9-10,12-13H,6-8H2,1-5H3,(H,16,17)(H,19,20);1-5,9,11H,6-7,10H2/t20-,21+,22+;12-,13+;9-/m110/s1. The van der Waals surface area contributed by atoms with E-state index in [4.69, 9.17) is 10.8 Å². The van der Waals surface area contributed by atoms with Gasteiger partial charge in [-0.1, -0.05) is 116 Å². The molecule has 2 rings (SSSR count). The van der Waals surface area contributed by atoms with Gasteiger partial charge >= 0.3 is 5.97 Å². The fourth-order valence-corrected chi connectivity index (χ4v) is 6.80. The first-order chi connectivity index (χ1) is 28.6. The number of nitrogens with two attached hydrogens (primary N) is 1. The van der Waals surface area contributed by atoms with Gasteiger partial charge < -0.3 is 37.0 Å². The zero-order valence-electron chi connectivity index (χ0n) is 38.5. The first kappa shape index (κ1) is 56.5. The van der Waals surface area contributed by atoms with E-state index in [9.17, 15) is 39.0 Å².